The van der Waals surface area contributed by atoms with Gasteiger partial charge < -0.3 is 9.64 Å². The highest BCUT2D eigenvalue weighted by Crippen LogP contribution is 2.14. The lowest BCUT2D eigenvalue weighted by Crippen LogP contribution is -2.48. The van der Waals surface area contributed by atoms with Crippen LogP contribution in [0.2, 0.25) is 0 Å². The van der Waals surface area contributed by atoms with Gasteiger partial charge in [-0.2, -0.15) is 0 Å². The molecule has 5 nitrogen and oxygen atoms in total. The summed E-state index contributed by atoms with van der Waals surface area (Å²) < 4.78 is 5.56. The molecule has 124 valence electrons. The van der Waals surface area contributed by atoms with Crippen LogP contribution in [-0.2, 0) is 16.0 Å². The van der Waals surface area contributed by atoms with Crippen LogP contribution in [0.3, 0.4) is 0 Å². The van der Waals surface area contributed by atoms with Crippen molar-refractivity contribution < 1.29 is 9.53 Å². The molecule has 1 saturated heterocycles. The lowest BCUT2D eigenvalue weighted by atomic mass is 10.1. The van der Waals surface area contributed by atoms with E-state index in [2.05, 4.69) is 9.97 Å². The summed E-state index contributed by atoms with van der Waals surface area (Å²) in [7, 11) is 0. The molecule has 1 aromatic heterocycles. The molecule has 2 aromatic rings. The standard InChI is InChI=1S/C19H21N3O2/c23-19(9-6-16-4-2-1-3-5-16)22-12-13-24-15-18(22)8-7-17-14-20-10-11-21-17/h1-6,9-11,14,18H,7-8,12-13,15H2/b9-6+/t18-/m0/s1. The molecule has 24 heavy (non-hydrogen) atoms. The van der Waals surface area contributed by atoms with Crippen LogP contribution in [-0.4, -0.2) is 46.6 Å². The number of carbonyl (C=O) groups excluding carboxylic acids is 1. The molecule has 1 aromatic carbocycles. The summed E-state index contributed by atoms with van der Waals surface area (Å²) in [6, 6.07) is 9.92. The summed E-state index contributed by atoms with van der Waals surface area (Å²) in [4.78, 5) is 22.8. The zero-order chi connectivity index (χ0) is 16.6. The van der Waals surface area contributed by atoms with Gasteiger partial charge in [0.15, 0.2) is 0 Å². The van der Waals surface area contributed by atoms with Crippen LogP contribution in [0.4, 0.5) is 0 Å². The van der Waals surface area contributed by atoms with E-state index in [0.717, 1.165) is 24.1 Å². The molecule has 0 bridgehead atoms. The van der Waals surface area contributed by atoms with Gasteiger partial charge in [-0.3, -0.25) is 14.8 Å². The number of benzene rings is 1. The van der Waals surface area contributed by atoms with Crippen molar-refractivity contribution in [3.8, 4) is 0 Å². The molecule has 1 aliphatic rings. The number of nitrogens with zero attached hydrogens (tertiary/aromatic N) is 3. The minimum atomic E-state index is 0.0336. The Bertz CT molecular complexity index is 674. The summed E-state index contributed by atoms with van der Waals surface area (Å²) in [6.07, 6.45) is 10.2. The summed E-state index contributed by atoms with van der Waals surface area (Å²) in [5.74, 6) is 0.0336. The van der Waals surface area contributed by atoms with E-state index in [1.807, 2.05) is 41.3 Å². The Kier molecular flexibility index (Phi) is 5.69. The maximum absolute atomic E-state index is 12.5. The molecule has 1 atom stereocenters. The van der Waals surface area contributed by atoms with Crippen molar-refractivity contribution in [2.75, 3.05) is 19.8 Å². The van der Waals surface area contributed by atoms with Gasteiger partial charge in [-0.05, 0) is 24.5 Å². The van der Waals surface area contributed by atoms with Crippen molar-refractivity contribution in [1.82, 2.24) is 14.9 Å². The molecule has 0 unspecified atom stereocenters. The smallest absolute Gasteiger partial charge is 0.246 e. The predicted octanol–water partition coefficient (Wildman–Crippen LogP) is 2.35. The van der Waals surface area contributed by atoms with Crippen LogP contribution in [0, 0.1) is 0 Å². The normalized spacial score (nSPS) is 18.0. The van der Waals surface area contributed by atoms with Gasteiger partial charge in [-0.1, -0.05) is 30.3 Å². The van der Waals surface area contributed by atoms with Crippen LogP contribution >= 0.6 is 0 Å². The molecule has 1 aliphatic heterocycles. The van der Waals surface area contributed by atoms with E-state index >= 15 is 0 Å². The first-order valence-corrected chi connectivity index (χ1v) is 8.19. The summed E-state index contributed by atoms with van der Waals surface area (Å²) in [5, 5.41) is 0. The Morgan fingerprint density at radius 2 is 2.17 bits per heavy atom. The Hall–Kier alpha value is -2.53. The number of morpholine rings is 1. The molecule has 0 N–H and O–H groups in total. The molecule has 3 rings (SSSR count). The molecule has 0 aliphatic carbocycles. The van der Waals surface area contributed by atoms with E-state index in [9.17, 15) is 4.79 Å². The molecular formula is C19H21N3O2. The average molecular weight is 323 g/mol. The number of hydrogen-bond donors (Lipinski definition) is 0. The van der Waals surface area contributed by atoms with Crippen LogP contribution in [0.25, 0.3) is 6.08 Å². The monoisotopic (exact) mass is 323 g/mol. The van der Waals surface area contributed by atoms with Gasteiger partial charge in [0, 0.05) is 31.2 Å². The average Bonchev–Trinajstić information content (AvgIpc) is 2.66. The van der Waals surface area contributed by atoms with Crippen molar-refractivity contribution in [3.05, 3.63) is 66.3 Å². The van der Waals surface area contributed by atoms with Gasteiger partial charge in [-0.25, -0.2) is 0 Å². The number of hydrogen-bond acceptors (Lipinski definition) is 4. The van der Waals surface area contributed by atoms with E-state index < -0.39 is 0 Å². The second-order valence-corrected chi connectivity index (χ2v) is 5.74. The molecule has 0 spiro atoms. The van der Waals surface area contributed by atoms with Gasteiger partial charge in [0.25, 0.3) is 0 Å². The number of rotatable bonds is 5. The molecule has 1 fully saturated rings. The van der Waals surface area contributed by atoms with Gasteiger partial charge in [0.1, 0.15) is 0 Å². The van der Waals surface area contributed by atoms with Crippen molar-refractivity contribution in [1.29, 1.82) is 0 Å². The van der Waals surface area contributed by atoms with Crippen molar-refractivity contribution >= 4 is 12.0 Å². The Balaban J connectivity index is 1.61. The fourth-order valence-corrected chi connectivity index (χ4v) is 2.79. The molecule has 0 saturated carbocycles. The lowest BCUT2D eigenvalue weighted by molar-refractivity contribution is -0.134. The SMILES string of the molecule is O=C(/C=C/c1ccccc1)N1CCOC[C@@H]1CCc1cnccn1. The minimum absolute atomic E-state index is 0.0336. The van der Waals surface area contributed by atoms with E-state index in [0.29, 0.717) is 19.8 Å². The number of aryl methyl sites for hydroxylation is 1. The van der Waals surface area contributed by atoms with Crippen molar-refractivity contribution in [3.63, 3.8) is 0 Å². The van der Waals surface area contributed by atoms with Crippen LogP contribution < -0.4 is 0 Å². The zero-order valence-corrected chi connectivity index (χ0v) is 13.5. The second kappa shape index (κ2) is 8.36. The van der Waals surface area contributed by atoms with E-state index in [1.54, 1.807) is 24.7 Å². The fraction of sp³-hybridized carbons (Fsp3) is 0.316. The zero-order valence-electron chi connectivity index (χ0n) is 13.5. The Morgan fingerprint density at radius 1 is 1.29 bits per heavy atom. The van der Waals surface area contributed by atoms with Gasteiger partial charge >= 0.3 is 0 Å². The largest absolute Gasteiger partial charge is 0.377 e. The van der Waals surface area contributed by atoms with E-state index in [1.165, 1.54) is 0 Å². The molecule has 5 heteroatoms. The third-order valence-corrected chi connectivity index (χ3v) is 4.08. The lowest BCUT2D eigenvalue weighted by Gasteiger charge is -2.35. The highest BCUT2D eigenvalue weighted by molar-refractivity contribution is 5.92. The van der Waals surface area contributed by atoms with Gasteiger partial charge in [0.2, 0.25) is 5.91 Å². The first-order valence-electron chi connectivity index (χ1n) is 8.19. The number of carbonyl (C=O) groups is 1. The number of ether oxygens (including phenoxy) is 1. The summed E-state index contributed by atoms with van der Waals surface area (Å²) in [6.45, 7) is 1.79. The molecule has 0 radical (unpaired) electrons. The quantitative estimate of drug-likeness (QED) is 0.793. The van der Waals surface area contributed by atoms with Crippen molar-refractivity contribution in [2.24, 2.45) is 0 Å². The second-order valence-electron chi connectivity index (χ2n) is 5.74. The first kappa shape index (κ1) is 16.3. The molecular weight excluding hydrogens is 302 g/mol. The topological polar surface area (TPSA) is 55.3 Å². The molecule has 2 heterocycles. The summed E-state index contributed by atoms with van der Waals surface area (Å²) in [5.41, 5.74) is 1.96. The van der Waals surface area contributed by atoms with Crippen molar-refractivity contribution in [2.45, 2.75) is 18.9 Å². The fourth-order valence-electron chi connectivity index (χ4n) is 2.79. The maximum atomic E-state index is 12.5. The highest BCUT2D eigenvalue weighted by atomic mass is 16.5. The minimum Gasteiger partial charge on any atom is -0.377 e. The van der Waals surface area contributed by atoms with E-state index in [4.69, 9.17) is 4.74 Å². The number of aromatic nitrogens is 2. The van der Waals surface area contributed by atoms with Crippen LogP contribution in [0.5, 0.6) is 0 Å². The van der Waals surface area contributed by atoms with Gasteiger partial charge in [0.05, 0.1) is 24.9 Å². The number of amides is 1. The predicted molar refractivity (Wildman–Crippen MR) is 92.1 cm³/mol. The third-order valence-electron chi connectivity index (χ3n) is 4.08. The highest BCUT2D eigenvalue weighted by Gasteiger charge is 2.25. The maximum Gasteiger partial charge on any atom is 0.246 e. The van der Waals surface area contributed by atoms with Gasteiger partial charge in [-0.15, -0.1) is 0 Å². The third kappa shape index (κ3) is 4.49. The first-order chi connectivity index (χ1) is 11.8. The van der Waals surface area contributed by atoms with Crippen LogP contribution in [0.1, 0.15) is 17.7 Å². The Labute approximate surface area is 142 Å². The summed E-state index contributed by atoms with van der Waals surface area (Å²) >= 11 is 0. The van der Waals surface area contributed by atoms with E-state index in [-0.39, 0.29) is 11.9 Å². The molecule has 1 amide bonds. The van der Waals surface area contributed by atoms with Crippen LogP contribution in [0.15, 0.2) is 55.0 Å². The Morgan fingerprint density at radius 3 is 2.96 bits per heavy atom.